The minimum absolute atomic E-state index is 0.0543. The summed E-state index contributed by atoms with van der Waals surface area (Å²) in [6, 6.07) is 7.51. The third kappa shape index (κ3) is 6.01. The van der Waals surface area contributed by atoms with Crippen LogP contribution in [0.5, 0.6) is 0 Å². The minimum atomic E-state index is -4.09. The predicted molar refractivity (Wildman–Crippen MR) is 140 cm³/mol. The van der Waals surface area contributed by atoms with Crippen molar-refractivity contribution in [3.63, 3.8) is 0 Å². The van der Waals surface area contributed by atoms with Crippen LogP contribution in [0, 0.1) is 5.92 Å². The second-order valence-electron chi connectivity index (χ2n) is 9.26. The van der Waals surface area contributed by atoms with E-state index in [0.29, 0.717) is 34.1 Å². The maximum Gasteiger partial charge on any atom is 0.333 e. The number of aliphatic hydroxyl groups is 1. The summed E-state index contributed by atoms with van der Waals surface area (Å²) in [5.74, 6) is -0.279. The zero-order valence-corrected chi connectivity index (χ0v) is 22.0. The van der Waals surface area contributed by atoms with Gasteiger partial charge in [-0.3, -0.25) is 8.98 Å². The first kappa shape index (κ1) is 26.2. The maximum atomic E-state index is 13.5. The van der Waals surface area contributed by atoms with E-state index in [9.17, 15) is 18.3 Å². The lowest BCUT2D eigenvalue weighted by atomic mass is 9.91. The molecule has 10 nitrogen and oxygen atoms in total. The van der Waals surface area contributed by atoms with E-state index in [2.05, 4.69) is 30.9 Å². The summed E-state index contributed by atoms with van der Waals surface area (Å²) in [7, 11) is -4.09. The molecular weight excluding hydrogens is 538 g/mol. The van der Waals surface area contributed by atoms with E-state index in [-0.39, 0.29) is 24.5 Å². The molecule has 1 aliphatic carbocycles. The van der Waals surface area contributed by atoms with Crippen LogP contribution in [0.1, 0.15) is 50.8 Å². The number of carbonyl (C=O) groups excluding carboxylic acids is 1. The number of rotatable bonds is 8. The molecule has 1 aromatic carbocycles. The summed E-state index contributed by atoms with van der Waals surface area (Å²) in [6.45, 7) is 0.616. The van der Waals surface area contributed by atoms with Gasteiger partial charge in [-0.15, -0.1) is 11.3 Å². The monoisotopic (exact) mass is 563 g/mol. The molecule has 1 aliphatic heterocycles. The first-order chi connectivity index (χ1) is 17.7. The van der Waals surface area contributed by atoms with Gasteiger partial charge in [0.2, 0.25) is 5.78 Å². The highest BCUT2D eigenvalue weighted by Crippen LogP contribution is 2.34. The lowest BCUT2D eigenvalue weighted by Crippen LogP contribution is -2.30. The summed E-state index contributed by atoms with van der Waals surface area (Å²) in [4.78, 5) is 22.3. The highest BCUT2D eigenvalue weighted by atomic mass is 35.5. The van der Waals surface area contributed by atoms with Crippen LogP contribution in [0.25, 0.3) is 0 Å². The molecule has 0 bridgehead atoms. The van der Waals surface area contributed by atoms with E-state index in [1.807, 2.05) is 23.6 Å². The highest BCUT2D eigenvalue weighted by Gasteiger charge is 2.35. The topological polar surface area (TPSA) is 157 Å². The van der Waals surface area contributed by atoms with Gasteiger partial charge in [0.15, 0.2) is 0 Å². The third-order valence-corrected chi connectivity index (χ3v) is 8.39. The zero-order valence-electron chi connectivity index (χ0n) is 19.6. The number of thiophene rings is 1. The highest BCUT2D eigenvalue weighted by molar-refractivity contribution is 7.84. The average molecular weight is 564 g/mol. The van der Waals surface area contributed by atoms with Crippen LogP contribution in [-0.4, -0.2) is 54.6 Å². The number of hydrogen-bond acceptors (Lipinski definition) is 10. The van der Waals surface area contributed by atoms with Gasteiger partial charge in [-0.25, -0.2) is 15.1 Å². The summed E-state index contributed by atoms with van der Waals surface area (Å²) in [5.41, 5.74) is 3.65. The Kier molecular flexibility index (Phi) is 7.59. The van der Waals surface area contributed by atoms with Crippen molar-refractivity contribution in [1.29, 1.82) is 0 Å². The number of nitrogens with two attached hydrogens (primary N) is 1. The SMILES string of the molecule is NS(=O)(=O)OC[C@H]1C[C@@H](Nc2ncncc2C(=O)c2cc(C3NCCc4ccc(Cl)cc43)cs2)C[C@@H]1O. The van der Waals surface area contributed by atoms with Crippen molar-refractivity contribution < 1.29 is 22.5 Å². The summed E-state index contributed by atoms with van der Waals surface area (Å²) in [5, 5.41) is 24.6. The Balaban J connectivity index is 1.32. The standard InChI is InChI=1S/C24H26ClN5O5S2/c25-16-2-1-13-3-4-28-22(18(13)7-16)15-6-21(36-11-15)23(32)19-9-27-12-29-24(19)30-17-5-14(20(31)8-17)10-35-37(26,33)34/h1-2,6-7,9,11-12,14,17,20,22,28,31H,3-5,8,10H2,(H2,26,33,34)(H,27,29,30)/t14-,17-,20+,22?/m1/s1. The zero-order chi connectivity index (χ0) is 26.2. The van der Waals surface area contributed by atoms with Gasteiger partial charge in [0, 0.05) is 29.7 Å². The van der Waals surface area contributed by atoms with Crippen LogP contribution in [-0.2, 0) is 20.9 Å². The Morgan fingerprint density at radius 3 is 2.97 bits per heavy atom. The molecule has 196 valence electrons. The van der Waals surface area contributed by atoms with E-state index in [1.54, 1.807) is 0 Å². The van der Waals surface area contributed by atoms with Crippen molar-refractivity contribution in [2.75, 3.05) is 18.5 Å². The van der Waals surface area contributed by atoms with Crippen molar-refractivity contribution in [3.8, 4) is 0 Å². The Morgan fingerprint density at radius 1 is 1.32 bits per heavy atom. The fourth-order valence-corrected chi connectivity index (χ4v) is 6.39. The molecule has 37 heavy (non-hydrogen) atoms. The van der Waals surface area contributed by atoms with Crippen molar-refractivity contribution in [1.82, 2.24) is 15.3 Å². The molecule has 3 aromatic rings. The number of fused-ring (bicyclic) bond motifs is 1. The van der Waals surface area contributed by atoms with Gasteiger partial charge < -0.3 is 15.7 Å². The molecule has 1 unspecified atom stereocenters. The molecule has 1 saturated carbocycles. The molecular formula is C24H26ClN5O5S2. The predicted octanol–water partition coefficient (Wildman–Crippen LogP) is 2.43. The van der Waals surface area contributed by atoms with E-state index in [4.69, 9.17) is 16.7 Å². The van der Waals surface area contributed by atoms with Crippen LogP contribution >= 0.6 is 22.9 Å². The van der Waals surface area contributed by atoms with Gasteiger partial charge in [0.05, 0.1) is 29.2 Å². The number of aromatic nitrogens is 2. The van der Waals surface area contributed by atoms with Gasteiger partial charge in [-0.2, -0.15) is 8.42 Å². The van der Waals surface area contributed by atoms with Gasteiger partial charge in [-0.05, 0) is 59.5 Å². The molecule has 13 heteroatoms. The van der Waals surface area contributed by atoms with Crippen molar-refractivity contribution >= 4 is 44.8 Å². The maximum absolute atomic E-state index is 13.5. The van der Waals surface area contributed by atoms with Crippen LogP contribution < -0.4 is 15.8 Å². The molecule has 2 aliphatic rings. The number of nitrogens with zero attached hydrogens (tertiary/aromatic N) is 2. The fraction of sp³-hybridized carbons (Fsp3) is 0.375. The van der Waals surface area contributed by atoms with E-state index >= 15 is 0 Å². The first-order valence-electron chi connectivity index (χ1n) is 11.7. The average Bonchev–Trinajstić information content (AvgIpc) is 3.48. The number of ketones is 1. The van der Waals surface area contributed by atoms with Gasteiger partial charge in [0.1, 0.15) is 12.1 Å². The lowest BCUT2D eigenvalue weighted by molar-refractivity contribution is 0.101. The Hall–Kier alpha value is -2.45. The van der Waals surface area contributed by atoms with Crippen molar-refractivity contribution in [2.24, 2.45) is 11.1 Å². The number of halogens is 1. The van der Waals surface area contributed by atoms with Gasteiger partial charge in [-0.1, -0.05) is 17.7 Å². The lowest BCUT2D eigenvalue weighted by Gasteiger charge is -2.26. The molecule has 0 saturated heterocycles. The second kappa shape index (κ2) is 10.7. The molecule has 5 N–H and O–H groups in total. The molecule has 4 atom stereocenters. The Labute approximate surface area is 223 Å². The molecule has 3 heterocycles. The van der Waals surface area contributed by atoms with E-state index in [1.165, 1.54) is 29.4 Å². The number of hydrogen-bond donors (Lipinski definition) is 4. The fourth-order valence-electron chi connectivity index (χ4n) is 4.96. The van der Waals surface area contributed by atoms with Crippen LogP contribution in [0.2, 0.25) is 5.02 Å². The second-order valence-corrected chi connectivity index (χ2v) is 11.8. The summed E-state index contributed by atoms with van der Waals surface area (Å²) < 4.78 is 26.8. The Bertz CT molecular complexity index is 1420. The van der Waals surface area contributed by atoms with Crippen LogP contribution in [0.3, 0.4) is 0 Å². The van der Waals surface area contributed by atoms with Crippen LogP contribution in [0.15, 0.2) is 42.2 Å². The van der Waals surface area contributed by atoms with Gasteiger partial charge >= 0.3 is 10.3 Å². The largest absolute Gasteiger partial charge is 0.393 e. The molecule has 0 amide bonds. The molecule has 0 spiro atoms. The van der Waals surface area contributed by atoms with E-state index in [0.717, 1.165) is 24.1 Å². The molecule has 5 rings (SSSR count). The van der Waals surface area contributed by atoms with Gasteiger partial charge in [0.25, 0.3) is 0 Å². The van der Waals surface area contributed by atoms with Crippen LogP contribution in [0.4, 0.5) is 5.82 Å². The molecule has 2 aromatic heterocycles. The number of carbonyl (C=O) groups is 1. The Morgan fingerprint density at radius 2 is 2.16 bits per heavy atom. The summed E-state index contributed by atoms with van der Waals surface area (Å²) in [6.07, 6.45) is 3.72. The summed E-state index contributed by atoms with van der Waals surface area (Å²) >= 11 is 7.61. The number of aliphatic hydroxyl groups excluding tert-OH is 1. The van der Waals surface area contributed by atoms with Crippen molar-refractivity contribution in [3.05, 3.63) is 74.3 Å². The number of nitrogens with one attached hydrogen (secondary N) is 2. The number of anilines is 1. The third-order valence-electron chi connectivity index (χ3n) is 6.74. The number of benzene rings is 1. The molecule has 1 fully saturated rings. The van der Waals surface area contributed by atoms with Crippen molar-refractivity contribution in [2.45, 2.75) is 37.5 Å². The molecule has 0 radical (unpaired) electrons. The van der Waals surface area contributed by atoms with E-state index < -0.39 is 22.3 Å². The quantitative estimate of drug-likeness (QED) is 0.302. The smallest absolute Gasteiger partial charge is 0.333 e. The first-order valence-corrected chi connectivity index (χ1v) is 14.5. The normalized spacial score (nSPS) is 23.5. The minimum Gasteiger partial charge on any atom is -0.393 e.